The number of hydrogen-bond donors (Lipinski definition) is 0. The average molecular weight is 201 g/mol. The summed E-state index contributed by atoms with van der Waals surface area (Å²) in [5.74, 6) is 0. The third kappa shape index (κ3) is 36.9. The fraction of sp³-hybridized carbons (Fsp3) is 0.500. The minimum atomic E-state index is -0.346. The van der Waals surface area contributed by atoms with Crippen molar-refractivity contribution in [3.8, 4) is 0 Å². The molecule has 0 rings (SSSR count). The first-order valence-corrected chi connectivity index (χ1v) is 5.45. The van der Waals surface area contributed by atoms with Gasteiger partial charge in [0.1, 0.15) is 0 Å². The fourth-order valence-corrected chi connectivity index (χ4v) is 0. The van der Waals surface area contributed by atoms with Crippen LogP contribution in [-0.2, 0) is 15.1 Å². The van der Waals surface area contributed by atoms with Crippen LogP contribution in [0.2, 0.25) is 0 Å². The number of halogens is 2. The van der Waals surface area contributed by atoms with Crippen molar-refractivity contribution in [3.63, 3.8) is 0 Å². The molecule has 0 spiro atoms. The van der Waals surface area contributed by atoms with Crippen molar-refractivity contribution >= 4 is 19.4 Å². The average Bonchev–Trinajstić information content (AvgIpc) is 1.46. The molecule has 0 N–H and O–H groups in total. The van der Waals surface area contributed by atoms with Crippen molar-refractivity contribution in [2.75, 3.05) is 0 Å². The predicted octanol–water partition coefficient (Wildman–Crippen LogP) is 2.22. The molecule has 0 saturated heterocycles. The molecule has 0 heterocycles. The Kier molecular flexibility index (Phi) is 36.0. The van der Waals surface area contributed by atoms with E-state index in [-0.39, 0.29) is 15.1 Å². The summed E-state index contributed by atoms with van der Waals surface area (Å²) in [5.41, 5.74) is 0. The molecule has 0 amide bonds. The van der Waals surface area contributed by atoms with E-state index in [4.69, 9.17) is 19.4 Å². The molecule has 0 aromatic carbocycles. The van der Waals surface area contributed by atoms with Gasteiger partial charge >= 0.3 is 34.5 Å². The van der Waals surface area contributed by atoms with E-state index in [2.05, 4.69) is 6.92 Å². The Morgan fingerprint density at radius 3 is 1.40 bits per heavy atom. The van der Waals surface area contributed by atoms with Crippen molar-refractivity contribution in [2.45, 2.75) is 6.92 Å². The van der Waals surface area contributed by atoms with Gasteiger partial charge in [0.15, 0.2) is 0 Å². The summed E-state index contributed by atoms with van der Waals surface area (Å²) in [5, 5.41) is 0. The second-order valence-electron chi connectivity index (χ2n) is 0.0505. The van der Waals surface area contributed by atoms with Gasteiger partial charge in [-0.3, -0.25) is 0 Å². The summed E-state index contributed by atoms with van der Waals surface area (Å²) >= 11 is -0.346. The monoisotopic (exact) mass is 201 g/mol. The summed E-state index contributed by atoms with van der Waals surface area (Å²) in [6.07, 6.45) is 0. The summed E-state index contributed by atoms with van der Waals surface area (Å²) in [4.78, 5) is 0. The van der Waals surface area contributed by atoms with Crippen LogP contribution in [0.15, 0.2) is 0 Å². The molecule has 0 bridgehead atoms. The van der Waals surface area contributed by atoms with E-state index < -0.39 is 0 Å². The molecule has 0 aromatic rings. The van der Waals surface area contributed by atoms with E-state index in [1.165, 1.54) is 0 Å². The number of rotatable bonds is 0. The molecule has 5 heavy (non-hydrogen) atoms. The van der Waals surface area contributed by atoms with Gasteiger partial charge in [-0.2, -0.15) is 0 Å². The Labute approximate surface area is 48.5 Å². The van der Waals surface area contributed by atoms with E-state index in [9.17, 15) is 0 Å². The minimum absolute atomic E-state index is 0.346. The third-order valence-electron chi connectivity index (χ3n) is 0. The Bertz CT molecular complexity index is 7.61. The van der Waals surface area contributed by atoms with Crippen LogP contribution >= 0.6 is 19.4 Å². The van der Waals surface area contributed by atoms with Gasteiger partial charge in [0.25, 0.3) is 0 Å². The normalized spacial score (nSPS) is 5.60. The molecule has 35 valence electrons. The quantitative estimate of drug-likeness (QED) is 0.527. The first-order valence-electron chi connectivity index (χ1n) is 0.974. The van der Waals surface area contributed by atoms with E-state index >= 15 is 0 Å². The first kappa shape index (κ1) is 9.51. The Balaban J connectivity index is 0. The van der Waals surface area contributed by atoms with Crippen LogP contribution < -0.4 is 0 Å². The van der Waals surface area contributed by atoms with Crippen molar-refractivity contribution < 1.29 is 15.1 Å². The van der Waals surface area contributed by atoms with Crippen LogP contribution in [0.4, 0.5) is 0 Å². The molecule has 0 aliphatic rings. The molecule has 3 heteroatoms. The molecule has 0 fully saturated rings. The molecule has 0 aliphatic carbocycles. The molecule has 0 unspecified atom stereocenters. The SMILES string of the molecule is [CH2]C.[Cl][Ru][Cl]. The van der Waals surface area contributed by atoms with E-state index in [1.807, 2.05) is 0 Å². The zero-order valence-corrected chi connectivity index (χ0v) is 6.07. The van der Waals surface area contributed by atoms with Gasteiger partial charge in [-0.15, -0.1) is 0 Å². The Morgan fingerprint density at radius 1 is 1.40 bits per heavy atom. The van der Waals surface area contributed by atoms with Gasteiger partial charge < -0.3 is 0 Å². The molecule has 0 aliphatic heterocycles. The standard InChI is InChI=1S/C2H5.2ClH.Ru/c1-2;;;/h1H2,2H3;2*1H;/q;;;+2/p-2. The van der Waals surface area contributed by atoms with Crippen LogP contribution in [0.3, 0.4) is 0 Å². The molecular weight excluding hydrogens is 196 g/mol. The molecular formula is C2H5Cl2Ru. The molecule has 0 nitrogen and oxygen atoms in total. The topological polar surface area (TPSA) is 0 Å². The predicted molar refractivity (Wildman–Crippen MR) is 22.7 cm³/mol. The third-order valence-corrected chi connectivity index (χ3v) is 0. The first-order chi connectivity index (χ1) is 2.41. The molecule has 0 saturated carbocycles. The van der Waals surface area contributed by atoms with Gasteiger partial charge in [-0.1, -0.05) is 13.8 Å². The van der Waals surface area contributed by atoms with Gasteiger partial charge in [-0.05, 0) is 0 Å². The van der Waals surface area contributed by atoms with Crippen molar-refractivity contribution in [2.24, 2.45) is 0 Å². The van der Waals surface area contributed by atoms with Gasteiger partial charge in [-0.25, -0.2) is 0 Å². The van der Waals surface area contributed by atoms with Crippen LogP contribution in [0.5, 0.6) is 0 Å². The van der Waals surface area contributed by atoms with Crippen LogP contribution in [-0.4, -0.2) is 0 Å². The van der Waals surface area contributed by atoms with E-state index in [1.54, 1.807) is 6.92 Å². The second-order valence-corrected chi connectivity index (χ2v) is 2.69. The summed E-state index contributed by atoms with van der Waals surface area (Å²) in [6.45, 7) is 5.00. The summed E-state index contributed by atoms with van der Waals surface area (Å²) in [6, 6.07) is 0. The second kappa shape index (κ2) is 18.9. The van der Waals surface area contributed by atoms with E-state index in [0.29, 0.717) is 0 Å². The Hall–Kier alpha value is 1.20. The van der Waals surface area contributed by atoms with E-state index in [0.717, 1.165) is 0 Å². The van der Waals surface area contributed by atoms with Crippen LogP contribution in [0.25, 0.3) is 0 Å². The van der Waals surface area contributed by atoms with Crippen LogP contribution in [0, 0.1) is 6.92 Å². The maximum atomic E-state index is 4.85. The summed E-state index contributed by atoms with van der Waals surface area (Å²) < 4.78 is 0. The summed E-state index contributed by atoms with van der Waals surface area (Å²) in [7, 11) is 9.71. The Morgan fingerprint density at radius 2 is 1.40 bits per heavy atom. The van der Waals surface area contributed by atoms with Crippen LogP contribution in [0.1, 0.15) is 6.92 Å². The van der Waals surface area contributed by atoms with Crippen molar-refractivity contribution in [3.05, 3.63) is 6.92 Å². The van der Waals surface area contributed by atoms with Crippen molar-refractivity contribution in [1.29, 1.82) is 0 Å². The molecule has 0 atom stereocenters. The molecule has 0 aromatic heterocycles. The maximum absolute atomic E-state index is 4.85. The zero-order chi connectivity index (χ0) is 4.71. The van der Waals surface area contributed by atoms with Gasteiger partial charge in [0, 0.05) is 0 Å². The zero-order valence-electron chi connectivity index (χ0n) is 2.82. The van der Waals surface area contributed by atoms with Crippen molar-refractivity contribution in [1.82, 2.24) is 0 Å². The van der Waals surface area contributed by atoms with Gasteiger partial charge in [0.2, 0.25) is 0 Å². The van der Waals surface area contributed by atoms with Gasteiger partial charge in [0.05, 0.1) is 0 Å². The fourth-order valence-electron chi connectivity index (χ4n) is 0. The molecule has 1 radical (unpaired) electrons. The number of hydrogen-bond acceptors (Lipinski definition) is 0.